The Bertz CT molecular complexity index is 1080. The first kappa shape index (κ1) is 40.7. The monoisotopic (exact) mass is 735 g/mol. The third kappa shape index (κ3) is 9.60. The van der Waals surface area contributed by atoms with Gasteiger partial charge in [-0.1, -0.05) is 6.42 Å². The number of hydrogen-bond donors (Lipinski definition) is 3. The molecule has 23 heteroatoms. The second kappa shape index (κ2) is 15.9. The number of halogens is 13. The highest BCUT2D eigenvalue weighted by Crippen LogP contribution is 2.60. The Labute approximate surface area is 262 Å². The molecule has 3 atom stereocenters. The van der Waals surface area contributed by atoms with Crippen LogP contribution >= 0.6 is 11.8 Å². The number of thioether (sulfide) groups is 1. The van der Waals surface area contributed by atoms with E-state index < -0.39 is 68.0 Å². The molecule has 47 heavy (non-hydrogen) atoms. The van der Waals surface area contributed by atoms with Crippen molar-refractivity contribution >= 4 is 29.7 Å². The summed E-state index contributed by atoms with van der Waals surface area (Å²) in [6.45, 7) is -3.63. The maximum atomic E-state index is 13.7. The van der Waals surface area contributed by atoms with Crippen molar-refractivity contribution in [1.82, 2.24) is 16.0 Å². The summed E-state index contributed by atoms with van der Waals surface area (Å²) >= 11 is 1.75. The Morgan fingerprint density at radius 1 is 0.787 bits per heavy atom. The standard InChI is InChI=1S/C24H30F13N3O6S/c25-19(26,20(27,28)21(29,30)22(31,32)23(33,34)24(35,36)37)5-7-45-11-16(42)46-10-9-44-8-6-38-15(41)4-2-1-3-14-17-13(12-47-14)39-18(43)40-17/h13-14,17H,1-12H2,(H,38,41)(H2,39,40,43)/t13-,14-,17-/m0/s1. The fourth-order valence-electron chi connectivity index (χ4n) is 4.30. The lowest BCUT2D eigenvalue weighted by atomic mass is 9.93. The van der Waals surface area contributed by atoms with Crippen molar-refractivity contribution in [2.75, 3.05) is 45.3 Å². The Morgan fingerprint density at radius 2 is 1.43 bits per heavy atom. The van der Waals surface area contributed by atoms with Crippen LogP contribution in [0.15, 0.2) is 0 Å². The van der Waals surface area contributed by atoms with Gasteiger partial charge >= 0.3 is 47.8 Å². The molecule has 0 aliphatic carbocycles. The first-order valence-corrected chi connectivity index (χ1v) is 14.8. The van der Waals surface area contributed by atoms with Crippen molar-refractivity contribution in [1.29, 1.82) is 0 Å². The van der Waals surface area contributed by atoms with E-state index in [0.717, 1.165) is 18.6 Å². The van der Waals surface area contributed by atoms with Crippen LogP contribution in [0.1, 0.15) is 32.1 Å². The fourth-order valence-corrected chi connectivity index (χ4v) is 5.84. The lowest BCUT2D eigenvalue weighted by Crippen LogP contribution is -2.70. The van der Waals surface area contributed by atoms with Crippen LogP contribution in [0, 0.1) is 0 Å². The molecule has 2 fully saturated rings. The first-order chi connectivity index (χ1) is 21.5. The number of nitrogens with one attached hydrogen (secondary N) is 3. The number of alkyl halides is 13. The van der Waals surface area contributed by atoms with Crippen molar-refractivity contribution in [2.24, 2.45) is 0 Å². The van der Waals surface area contributed by atoms with E-state index in [1.54, 1.807) is 11.8 Å². The number of esters is 1. The zero-order valence-electron chi connectivity index (χ0n) is 24.0. The van der Waals surface area contributed by atoms with Gasteiger partial charge in [-0.25, -0.2) is 9.59 Å². The van der Waals surface area contributed by atoms with E-state index in [4.69, 9.17) is 4.74 Å². The van der Waals surface area contributed by atoms with Crippen LogP contribution in [-0.4, -0.2) is 116 Å². The van der Waals surface area contributed by atoms with Gasteiger partial charge in [0.05, 0.1) is 31.9 Å². The molecule has 274 valence electrons. The number of hydrogen-bond acceptors (Lipinski definition) is 7. The minimum Gasteiger partial charge on any atom is -0.462 e. The molecule has 0 radical (unpaired) electrons. The molecule has 0 bridgehead atoms. The zero-order chi connectivity index (χ0) is 35.9. The second-order valence-electron chi connectivity index (χ2n) is 10.4. The van der Waals surface area contributed by atoms with E-state index in [-0.39, 0.29) is 55.5 Å². The van der Waals surface area contributed by atoms with Gasteiger partial charge in [0.15, 0.2) is 0 Å². The highest BCUT2D eigenvalue weighted by atomic mass is 32.2. The van der Waals surface area contributed by atoms with Crippen LogP contribution in [0.4, 0.5) is 61.9 Å². The maximum absolute atomic E-state index is 13.7. The van der Waals surface area contributed by atoms with E-state index >= 15 is 0 Å². The molecule has 0 spiro atoms. The van der Waals surface area contributed by atoms with Gasteiger partial charge in [0, 0.05) is 30.4 Å². The average molecular weight is 736 g/mol. The molecule has 0 aromatic rings. The molecular formula is C24H30F13N3O6S. The van der Waals surface area contributed by atoms with Gasteiger partial charge in [0.25, 0.3) is 0 Å². The summed E-state index contributed by atoms with van der Waals surface area (Å²) in [4.78, 5) is 34.8. The van der Waals surface area contributed by atoms with E-state index in [1.165, 1.54) is 0 Å². The van der Waals surface area contributed by atoms with Gasteiger partial charge in [-0.05, 0) is 12.8 Å². The summed E-state index contributed by atoms with van der Waals surface area (Å²) in [5.74, 6) is -38.2. The predicted molar refractivity (Wildman–Crippen MR) is 135 cm³/mol. The van der Waals surface area contributed by atoms with Crippen LogP contribution in [0.5, 0.6) is 0 Å². The van der Waals surface area contributed by atoms with Gasteiger partial charge in [0.2, 0.25) is 5.91 Å². The summed E-state index contributed by atoms with van der Waals surface area (Å²) in [5, 5.41) is 8.57. The topological polar surface area (TPSA) is 115 Å². The molecule has 3 N–H and O–H groups in total. The summed E-state index contributed by atoms with van der Waals surface area (Å²) < 4.78 is 184. The number of amides is 3. The highest BCUT2D eigenvalue weighted by Gasteiger charge is 2.90. The number of ether oxygens (including phenoxy) is 3. The molecule has 2 heterocycles. The summed E-state index contributed by atoms with van der Waals surface area (Å²) in [7, 11) is 0. The highest BCUT2D eigenvalue weighted by molar-refractivity contribution is 8.00. The molecule has 2 saturated heterocycles. The molecule has 2 aliphatic heterocycles. The van der Waals surface area contributed by atoms with Crippen molar-refractivity contribution in [3.63, 3.8) is 0 Å². The second-order valence-corrected chi connectivity index (χ2v) is 11.6. The first-order valence-electron chi connectivity index (χ1n) is 13.7. The van der Waals surface area contributed by atoms with E-state index in [2.05, 4.69) is 25.4 Å². The van der Waals surface area contributed by atoms with Crippen molar-refractivity contribution in [3.8, 4) is 0 Å². The Kier molecular flexibility index (Phi) is 13.7. The summed E-state index contributed by atoms with van der Waals surface area (Å²) in [6, 6.07) is -0.00930. The zero-order valence-corrected chi connectivity index (χ0v) is 24.8. The molecular weight excluding hydrogens is 705 g/mol. The summed E-state index contributed by atoms with van der Waals surface area (Å²) in [6.07, 6.45) is -7.62. The van der Waals surface area contributed by atoms with Crippen LogP contribution in [0.2, 0.25) is 0 Å². The fraction of sp³-hybridized carbons (Fsp3) is 0.875. The van der Waals surface area contributed by atoms with E-state index in [9.17, 15) is 71.5 Å². The number of rotatable bonds is 20. The molecule has 2 aliphatic rings. The molecule has 2 rings (SSSR count). The lowest BCUT2D eigenvalue weighted by molar-refractivity contribution is -0.440. The largest absolute Gasteiger partial charge is 0.462 e. The van der Waals surface area contributed by atoms with Crippen molar-refractivity contribution in [3.05, 3.63) is 0 Å². The van der Waals surface area contributed by atoms with Crippen LogP contribution < -0.4 is 16.0 Å². The molecule has 0 aromatic carbocycles. The molecule has 0 saturated carbocycles. The van der Waals surface area contributed by atoms with Gasteiger partial charge < -0.3 is 30.2 Å². The van der Waals surface area contributed by atoms with Gasteiger partial charge in [0.1, 0.15) is 13.2 Å². The number of carbonyl (C=O) groups excluding carboxylic acids is 3. The lowest BCUT2D eigenvalue weighted by Gasteiger charge is -2.39. The number of carbonyl (C=O) groups is 3. The SMILES string of the molecule is O=C(CCCC[C@@H]1SC[C@@H]2NC(=O)N[C@@H]21)NCCOCCOC(=O)COCCC(F)(F)C(F)(F)C(F)(F)C(F)(F)C(F)(F)C(F)(F)F. The van der Waals surface area contributed by atoms with Crippen LogP contribution in [0.25, 0.3) is 0 Å². The van der Waals surface area contributed by atoms with E-state index in [0.29, 0.717) is 6.42 Å². The Hall–Kier alpha value is -2.43. The van der Waals surface area contributed by atoms with Crippen molar-refractivity contribution in [2.45, 2.75) is 85.2 Å². The Balaban J connectivity index is 1.57. The molecule has 3 amide bonds. The number of urea groups is 1. The molecule has 0 aromatic heterocycles. The van der Waals surface area contributed by atoms with Crippen LogP contribution in [0.3, 0.4) is 0 Å². The normalized spacial score (nSPS) is 20.9. The van der Waals surface area contributed by atoms with Crippen molar-refractivity contribution < 1.29 is 85.7 Å². The predicted octanol–water partition coefficient (Wildman–Crippen LogP) is 4.53. The van der Waals surface area contributed by atoms with Crippen LogP contribution in [-0.2, 0) is 23.8 Å². The Morgan fingerprint density at radius 3 is 2.06 bits per heavy atom. The van der Waals surface area contributed by atoms with E-state index in [1.807, 2.05) is 0 Å². The number of fused-ring (bicyclic) bond motifs is 1. The smallest absolute Gasteiger partial charge is 0.460 e. The van der Waals surface area contributed by atoms with Gasteiger partial charge in [-0.15, -0.1) is 0 Å². The third-order valence-corrected chi connectivity index (χ3v) is 8.43. The average Bonchev–Trinajstić information content (AvgIpc) is 3.50. The molecule has 9 nitrogen and oxygen atoms in total. The third-order valence-electron chi connectivity index (χ3n) is 6.92. The minimum atomic E-state index is -7.99. The number of unbranched alkanes of at least 4 members (excludes halogenated alkanes) is 1. The maximum Gasteiger partial charge on any atom is 0.460 e. The van der Waals surface area contributed by atoms with Gasteiger partial charge in [-0.3, -0.25) is 4.79 Å². The quantitative estimate of drug-likeness (QED) is 0.0729. The summed E-state index contributed by atoms with van der Waals surface area (Å²) in [5.41, 5.74) is 0. The van der Waals surface area contributed by atoms with Gasteiger partial charge in [-0.2, -0.15) is 68.8 Å². The molecule has 0 unspecified atom stereocenters. The minimum absolute atomic E-state index is 0.0177.